The molecule has 6 heteroatoms. The molecule has 0 fully saturated rings. The average molecular weight is 375 g/mol. The molecule has 3 aromatic rings. The summed E-state index contributed by atoms with van der Waals surface area (Å²) in [5.74, 6) is -0.551. The smallest absolute Gasteiger partial charge is 0.256 e. The molecule has 0 saturated carbocycles. The van der Waals surface area contributed by atoms with Crippen LogP contribution in [0.5, 0.6) is 0 Å². The van der Waals surface area contributed by atoms with E-state index < -0.39 is 11.9 Å². The molecule has 0 radical (unpaired) electrons. The number of nitrogens with one attached hydrogen (secondary N) is 1. The van der Waals surface area contributed by atoms with Gasteiger partial charge >= 0.3 is 0 Å². The Morgan fingerprint density at radius 1 is 1.21 bits per heavy atom. The highest BCUT2D eigenvalue weighted by Crippen LogP contribution is 2.35. The number of primary amides is 1. The van der Waals surface area contributed by atoms with Gasteiger partial charge in [-0.15, -0.1) is 0 Å². The molecule has 2 aromatic carbocycles. The molecule has 6 nitrogen and oxygen atoms in total. The van der Waals surface area contributed by atoms with Gasteiger partial charge < -0.3 is 20.4 Å². The fourth-order valence-corrected chi connectivity index (χ4v) is 3.69. The van der Waals surface area contributed by atoms with Gasteiger partial charge in [0, 0.05) is 59.6 Å². The number of carbonyl (C=O) groups is 2. The van der Waals surface area contributed by atoms with Crippen molar-refractivity contribution in [3.63, 3.8) is 0 Å². The Labute approximate surface area is 162 Å². The first kappa shape index (κ1) is 18.0. The fraction of sp³-hybridized carbons (Fsp3) is 0.182. The van der Waals surface area contributed by atoms with E-state index in [0.717, 1.165) is 27.7 Å². The molecule has 2 heterocycles. The predicted octanol–water partition coefficient (Wildman–Crippen LogP) is 3.20. The molecule has 142 valence electrons. The fourth-order valence-electron chi connectivity index (χ4n) is 3.69. The molecule has 1 atom stereocenters. The Hall–Kier alpha value is -3.38. The second-order valence-electron chi connectivity index (χ2n) is 6.77. The standard InChI is InChI=1S/C22H21N3O3/c1-28-11-10-20(21(23)26)25-13-14(15-6-3-5-9-19(15)25)12-17-16-7-2-4-8-18(16)24-22(17)27/h2-9,12-13,20H,10-11H2,1H3,(H2,23,26)(H,24,27). The number of hydrogen-bond donors (Lipinski definition) is 2. The third-order valence-electron chi connectivity index (χ3n) is 5.04. The summed E-state index contributed by atoms with van der Waals surface area (Å²) in [7, 11) is 1.60. The van der Waals surface area contributed by atoms with E-state index >= 15 is 0 Å². The zero-order valence-electron chi connectivity index (χ0n) is 15.5. The van der Waals surface area contributed by atoms with Crippen molar-refractivity contribution in [2.75, 3.05) is 19.0 Å². The number of benzene rings is 2. The molecular weight excluding hydrogens is 354 g/mol. The van der Waals surface area contributed by atoms with Crippen LogP contribution >= 0.6 is 0 Å². The largest absolute Gasteiger partial charge is 0.385 e. The van der Waals surface area contributed by atoms with Gasteiger partial charge in [-0.05, 0) is 18.2 Å². The summed E-state index contributed by atoms with van der Waals surface area (Å²) in [6.45, 7) is 0.423. The molecule has 2 amide bonds. The van der Waals surface area contributed by atoms with Crippen LogP contribution in [-0.4, -0.2) is 30.1 Å². The van der Waals surface area contributed by atoms with Crippen LogP contribution < -0.4 is 11.1 Å². The van der Waals surface area contributed by atoms with Gasteiger partial charge in [0.25, 0.3) is 5.91 Å². The molecule has 1 aliphatic heterocycles. The van der Waals surface area contributed by atoms with E-state index in [-0.39, 0.29) is 5.91 Å². The summed E-state index contributed by atoms with van der Waals surface area (Å²) < 4.78 is 7.01. The van der Waals surface area contributed by atoms with Gasteiger partial charge in [-0.3, -0.25) is 9.59 Å². The van der Waals surface area contributed by atoms with Gasteiger partial charge in [-0.25, -0.2) is 0 Å². The van der Waals surface area contributed by atoms with Gasteiger partial charge in [0.2, 0.25) is 5.91 Å². The topological polar surface area (TPSA) is 86.3 Å². The Morgan fingerprint density at radius 3 is 2.75 bits per heavy atom. The van der Waals surface area contributed by atoms with Crippen molar-refractivity contribution >= 4 is 40.1 Å². The Bertz CT molecular complexity index is 1100. The van der Waals surface area contributed by atoms with Crippen LogP contribution in [-0.2, 0) is 14.3 Å². The summed E-state index contributed by atoms with van der Waals surface area (Å²) in [6, 6.07) is 14.8. The van der Waals surface area contributed by atoms with E-state index in [0.29, 0.717) is 18.6 Å². The number of aromatic nitrogens is 1. The maximum atomic E-state index is 12.5. The highest BCUT2D eigenvalue weighted by Gasteiger charge is 2.25. The minimum Gasteiger partial charge on any atom is -0.385 e. The van der Waals surface area contributed by atoms with E-state index in [9.17, 15) is 9.59 Å². The summed E-state index contributed by atoms with van der Waals surface area (Å²) in [4.78, 5) is 24.6. The summed E-state index contributed by atoms with van der Waals surface area (Å²) in [5.41, 5.74) is 9.69. The lowest BCUT2D eigenvalue weighted by Gasteiger charge is -2.16. The predicted molar refractivity (Wildman–Crippen MR) is 110 cm³/mol. The van der Waals surface area contributed by atoms with Gasteiger partial charge in [-0.2, -0.15) is 0 Å². The number of para-hydroxylation sites is 2. The molecule has 0 bridgehead atoms. The number of anilines is 1. The van der Waals surface area contributed by atoms with Crippen molar-refractivity contribution in [2.45, 2.75) is 12.5 Å². The van der Waals surface area contributed by atoms with Crippen molar-refractivity contribution in [1.29, 1.82) is 0 Å². The van der Waals surface area contributed by atoms with Crippen LogP contribution in [0.1, 0.15) is 23.6 Å². The Morgan fingerprint density at radius 2 is 1.96 bits per heavy atom. The quantitative estimate of drug-likeness (QED) is 0.649. The molecule has 1 unspecified atom stereocenters. The number of carbonyl (C=O) groups excluding carboxylic acids is 2. The third kappa shape index (κ3) is 3.08. The van der Waals surface area contributed by atoms with Crippen molar-refractivity contribution in [3.8, 4) is 0 Å². The molecule has 1 aliphatic rings. The van der Waals surface area contributed by atoms with Crippen LogP contribution in [0.4, 0.5) is 5.69 Å². The van der Waals surface area contributed by atoms with Gasteiger partial charge in [-0.1, -0.05) is 36.4 Å². The van der Waals surface area contributed by atoms with Crippen LogP contribution in [0.25, 0.3) is 22.6 Å². The highest BCUT2D eigenvalue weighted by molar-refractivity contribution is 6.35. The summed E-state index contributed by atoms with van der Waals surface area (Å²) in [6.07, 6.45) is 4.23. The molecule has 0 spiro atoms. The lowest BCUT2D eigenvalue weighted by molar-refractivity contribution is -0.121. The zero-order valence-corrected chi connectivity index (χ0v) is 15.5. The van der Waals surface area contributed by atoms with E-state index in [1.807, 2.05) is 65.4 Å². The number of nitrogens with two attached hydrogens (primary N) is 1. The molecule has 1 aromatic heterocycles. The number of hydrogen-bond acceptors (Lipinski definition) is 3. The number of methoxy groups -OCH3 is 1. The second kappa shape index (κ2) is 7.32. The first-order valence-corrected chi connectivity index (χ1v) is 9.10. The lowest BCUT2D eigenvalue weighted by Crippen LogP contribution is -2.27. The van der Waals surface area contributed by atoms with Gasteiger partial charge in [0.05, 0.1) is 0 Å². The average Bonchev–Trinajstić information content (AvgIpc) is 3.21. The van der Waals surface area contributed by atoms with Crippen molar-refractivity contribution in [1.82, 2.24) is 4.57 Å². The van der Waals surface area contributed by atoms with Crippen molar-refractivity contribution in [2.24, 2.45) is 5.73 Å². The van der Waals surface area contributed by atoms with E-state index in [1.165, 1.54) is 0 Å². The van der Waals surface area contributed by atoms with E-state index in [4.69, 9.17) is 10.5 Å². The first-order valence-electron chi connectivity index (χ1n) is 9.10. The molecule has 3 N–H and O–H groups in total. The normalized spacial score (nSPS) is 15.6. The second-order valence-corrected chi connectivity index (χ2v) is 6.77. The molecule has 4 rings (SSSR count). The molecule has 28 heavy (non-hydrogen) atoms. The SMILES string of the molecule is COCCC(C(N)=O)n1cc(C=C2C(=O)Nc3ccccc32)c2ccccc21. The van der Waals surface area contributed by atoms with Crippen LogP contribution in [0.2, 0.25) is 0 Å². The number of ether oxygens (including phenoxy) is 1. The maximum absolute atomic E-state index is 12.5. The van der Waals surface area contributed by atoms with Gasteiger partial charge in [0.15, 0.2) is 0 Å². The summed E-state index contributed by atoms with van der Waals surface area (Å²) >= 11 is 0. The minimum absolute atomic E-state index is 0.135. The molecule has 0 saturated heterocycles. The van der Waals surface area contributed by atoms with Crippen LogP contribution in [0, 0.1) is 0 Å². The van der Waals surface area contributed by atoms with Crippen molar-refractivity contribution < 1.29 is 14.3 Å². The van der Waals surface area contributed by atoms with Gasteiger partial charge in [0.1, 0.15) is 6.04 Å². The number of rotatable bonds is 6. The van der Waals surface area contributed by atoms with E-state index in [2.05, 4.69) is 5.32 Å². The summed E-state index contributed by atoms with van der Waals surface area (Å²) in [5, 5.41) is 3.84. The van der Waals surface area contributed by atoms with Crippen molar-refractivity contribution in [3.05, 3.63) is 65.9 Å². The molecular formula is C22H21N3O3. The number of fused-ring (bicyclic) bond motifs is 2. The molecule has 0 aliphatic carbocycles. The Balaban J connectivity index is 1.85. The first-order chi connectivity index (χ1) is 13.6. The highest BCUT2D eigenvalue weighted by atomic mass is 16.5. The monoisotopic (exact) mass is 375 g/mol. The minimum atomic E-state index is -0.526. The number of amides is 2. The van der Waals surface area contributed by atoms with Crippen LogP contribution in [0.3, 0.4) is 0 Å². The number of nitrogens with zero attached hydrogens (tertiary/aromatic N) is 1. The van der Waals surface area contributed by atoms with Crippen LogP contribution in [0.15, 0.2) is 54.7 Å². The van der Waals surface area contributed by atoms with E-state index in [1.54, 1.807) is 7.11 Å². The Kier molecular flexibility index (Phi) is 4.71. The lowest BCUT2D eigenvalue weighted by atomic mass is 10.0. The zero-order chi connectivity index (χ0) is 19.7. The third-order valence-corrected chi connectivity index (χ3v) is 5.04. The maximum Gasteiger partial charge on any atom is 0.256 e.